The van der Waals surface area contributed by atoms with Crippen LogP contribution in [0.25, 0.3) is 63.7 Å². The number of rotatable bonds is 6. The minimum atomic E-state index is 0.881. The van der Waals surface area contributed by atoms with E-state index in [0.717, 1.165) is 56.1 Å². The summed E-state index contributed by atoms with van der Waals surface area (Å²) in [5, 5.41) is 9.87. The van der Waals surface area contributed by atoms with Gasteiger partial charge < -0.3 is 14.2 Å². The Bertz CT molecular complexity index is 3130. The maximum absolute atomic E-state index is 6.58. The largest absolute Gasteiger partial charge is 0.454 e. The van der Waals surface area contributed by atoms with Crippen molar-refractivity contribution >= 4 is 109 Å². The molecule has 2 heterocycles. The molecule has 0 saturated heterocycles. The van der Waals surface area contributed by atoms with E-state index >= 15 is 0 Å². The van der Waals surface area contributed by atoms with Gasteiger partial charge in [0.25, 0.3) is 0 Å². The standard InChI is InChI=1S/C50H32N2OS/c1-4-15-33(16-5-1)51(34-17-6-2-7-18-34)36-27-29-42-44(31-36)38-21-10-11-23-40(38)48-43-30-28-37(32-47(43)54-50(42)48)52(35-19-8-3-9-20-35)45-25-14-24-41-39-22-12-13-26-46(39)53-49(41)45/h1-32H. The maximum atomic E-state index is 6.58. The molecule has 0 unspecified atom stereocenters. The number of anilines is 6. The van der Waals surface area contributed by atoms with E-state index in [2.05, 4.69) is 192 Å². The summed E-state index contributed by atoms with van der Waals surface area (Å²) in [5.41, 5.74) is 8.35. The highest BCUT2D eigenvalue weighted by Gasteiger charge is 2.22. The van der Waals surface area contributed by atoms with Crippen molar-refractivity contribution in [1.29, 1.82) is 0 Å². The Morgan fingerprint density at radius 2 is 0.907 bits per heavy atom. The molecule has 4 heteroatoms. The van der Waals surface area contributed by atoms with Crippen molar-refractivity contribution in [3.8, 4) is 0 Å². The number of benzene rings is 9. The molecule has 2 aromatic heterocycles. The molecule has 0 N–H and O–H groups in total. The number of fused-ring (bicyclic) bond motifs is 11. The van der Waals surface area contributed by atoms with Crippen LogP contribution in [0.4, 0.5) is 34.1 Å². The highest BCUT2D eigenvalue weighted by Crippen LogP contribution is 2.48. The predicted molar refractivity (Wildman–Crippen MR) is 231 cm³/mol. The van der Waals surface area contributed by atoms with Gasteiger partial charge in [-0.15, -0.1) is 11.3 Å². The lowest BCUT2D eigenvalue weighted by Crippen LogP contribution is -2.09. The Morgan fingerprint density at radius 1 is 0.352 bits per heavy atom. The first kappa shape index (κ1) is 30.7. The van der Waals surface area contributed by atoms with E-state index in [4.69, 9.17) is 4.42 Å². The van der Waals surface area contributed by atoms with Gasteiger partial charge in [0.05, 0.1) is 5.69 Å². The number of para-hydroxylation sites is 5. The minimum absolute atomic E-state index is 0.881. The Labute approximate surface area is 316 Å². The lowest BCUT2D eigenvalue weighted by molar-refractivity contribution is 0.669. The molecule has 0 spiro atoms. The van der Waals surface area contributed by atoms with Gasteiger partial charge >= 0.3 is 0 Å². The summed E-state index contributed by atoms with van der Waals surface area (Å²) in [6, 6.07) is 69.4. The second kappa shape index (κ2) is 12.4. The molecule has 11 aromatic rings. The van der Waals surface area contributed by atoms with Crippen LogP contribution in [0.5, 0.6) is 0 Å². The second-order valence-electron chi connectivity index (χ2n) is 13.7. The topological polar surface area (TPSA) is 19.6 Å². The van der Waals surface area contributed by atoms with Crippen LogP contribution in [-0.4, -0.2) is 0 Å². The minimum Gasteiger partial charge on any atom is -0.454 e. The van der Waals surface area contributed by atoms with Crippen LogP contribution in [0, 0.1) is 0 Å². The third kappa shape index (κ3) is 4.81. The molecule has 0 aliphatic heterocycles. The first-order valence-electron chi connectivity index (χ1n) is 18.3. The third-order valence-corrected chi connectivity index (χ3v) is 11.8. The first-order valence-corrected chi connectivity index (χ1v) is 19.1. The molecular weight excluding hydrogens is 677 g/mol. The second-order valence-corrected chi connectivity index (χ2v) is 14.7. The number of hydrogen-bond acceptors (Lipinski definition) is 4. The molecule has 0 saturated carbocycles. The van der Waals surface area contributed by atoms with Gasteiger partial charge in [-0.2, -0.15) is 0 Å². The van der Waals surface area contributed by atoms with Gasteiger partial charge in [-0.1, -0.05) is 121 Å². The van der Waals surface area contributed by atoms with Gasteiger partial charge in [-0.05, 0) is 89.0 Å². The normalized spacial score (nSPS) is 11.7. The van der Waals surface area contributed by atoms with Crippen molar-refractivity contribution in [2.24, 2.45) is 0 Å². The third-order valence-electron chi connectivity index (χ3n) is 10.6. The van der Waals surface area contributed by atoms with Crippen LogP contribution < -0.4 is 9.80 Å². The summed E-state index contributed by atoms with van der Waals surface area (Å²) < 4.78 is 9.13. The molecule has 0 amide bonds. The van der Waals surface area contributed by atoms with Crippen LogP contribution in [0.2, 0.25) is 0 Å². The fraction of sp³-hybridized carbons (Fsp3) is 0. The van der Waals surface area contributed by atoms with Crippen LogP contribution in [-0.2, 0) is 0 Å². The molecule has 54 heavy (non-hydrogen) atoms. The van der Waals surface area contributed by atoms with Crippen LogP contribution in [0.1, 0.15) is 0 Å². The van der Waals surface area contributed by atoms with E-state index in [-0.39, 0.29) is 0 Å². The molecule has 0 aliphatic carbocycles. The number of nitrogens with zero attached hydrogens (tertiary/aromatic N) is 2. The zero-order valence-electron chi connectivity index (χ0n) is 29.2. The molecule has 11 rings (SSSR count). The summed E-state index contributed by atoms with van der Waals surface area (Å²) in [5.74, 6) is 0. The average Bonchev–Trinajstić information content (AvgIpc) is 3.82. The average molecular weight is 709 g/mol. The Kier molecular flexibility index (Phi) is 7.04. The lowest BCUT2D eigenvalue weighted by Gasteiger charge is -2.26. The van der Waals surface area contributed by atoms with Crippen LogP contribution in [0.3, 0.4) is 0 Å². The van der Waals surface area contributed by atoms with E-state index in [1.54, 1.807) is 0 Å². The highest BCUT2D eigenvalue weighted by atomic mass is 32.1. The number of thiophene rings is 1. The molecule has 0 atom stereocenters. The predicted octanol–water partition coefficient (Wildman–Crippen LogP) is 15.2. The molecular formula is C50H32N2OS. The van der Waals surface area contributed by atoms with Crippen molar-refractivity contribution in [2.75, 3.05) is 9.80 Å². The highest BCUT2D eigenvalue weighted by molar-refractivity contribution is 7.27. The summed E-state index contributed by atoms with van der Waals surface area (Å²) in [4.78, 5) is 4.68. The van der Waals surface area contributed by atoms with Crippen LogP contribution >= 0.6 is 11.3 Å². The summed E-state index contributed by atoms with van der Waals surface area (Å²) >= 11 is 1.88. The van der Waals surface area contributed by atoms with Crippen molar-refractivity contribution in [3.05, 3.63) is 194 Å². The van der Waals surface area contributed by atoms with Gasteiger partial charge in [0, 0.05) is 64.8 Å². The number of hydrogen-bond donors (Lipinski definition) is 0. The van der Waals surface area contributed by atoms with Crippen LogP contribution in [0.15, 0.2) is 199 Å². The van der Waals surface area contributed by atoms with Crippen molar-refractivity contribution in [1.82, 2.24) is 0 Å². The zero-order chi connectivity index (χ0) is 35.6. The van der Waals surface area contributed by atoms with Gasteiger partial charge in [0.1, 0.15) is 5.58 Å². The maximum Gasteiger partial charge on any atom is 0.159 e. The van der Waals surface area contributed by atoms with E-state index in [0.29, 0.717) is 0 Å². The smallest absolute Gasteiger partial charge is 0.159 e. The molecule has 254 valence electrons. The Hall–Kier alpha value is -6.88. The fourth-order valence-corrected chi connectivity index (χ4v) is 9.51. The van der Waals surface area contributed by atoms with Gasteiger partial charge in [0.2, 0.25) is 0 Å². The Balaban J connectivity index is 1.13. The van der Waals surface area contributed by atoms with Gasteiger partial charge in [-0.3, -0.25) is 0 Å². The molecule has 9 aromatic carbocycles. The first-order chi connectivity index (χ1) is 26.8. The molecule has 0 fully saturated rings. The quantitative estimate of drug-likeness (QED) is 0.160. The lowest BCUT2D eigenvalue weighted by atomic mass is 9.96. The molecule has 0 radical (unpaired) electrons. The fourth-order valence-electron chi connectivity index (χ4n) is 8.22. The summed E-state index contributed by atoms with van der Waals surface area (Å²) in [6.45, 7) is 0. The van der Waals surface area contributed by atoms with Gasteiger partial charge in [-0.25, -0.2) is 0 Å². The van der Waals surface area contributed by atoms with E-state index < -0.39 is 0 Å². The van der Waals surface area contributed by atoms with E-state index in [1.807, 2.05) is 23.5 Å². The van der Waals surface area contributed by atoms with Crippen molar-refractivity contribution in [3.63, 3.8) is 0 Å². The van der Waals surface area contributed by atoms with E-state index in [9.17, 15) is 0 Å². The summed E-state index contributed by atoms with van der Waals surface area (Å²) in [6.07, 6.45) is 0. The molecule has 0 bridgehead atoms. The number of furan rings is 1. The Morgan fingerprint density at radius 3 is 1.61 bits per heavy atom. The van der Waals surface area contributed by atoms with Crippen molar-refractivity contribution in [2.45, 2.75) is 0 Å². The summed E-state index contributed by atoms with van der Waals surface area (Å²) in [7, 11) is 0. The SMILES string of the molecule is c1ccc(N(c2ccccc2)c2ccc3c(c2)c2ccccc2c2c4ccc(N(c5ccccc5)c5cccc6c5oc5ccccc56)cc4sc32)cc1. The molecule has 0 aliphatic rings. The van der Waals surface area contributed by atoms with Gasteiger partial charge in [0.15, 0.2) is 5.58 Å². The van der Waals surface area contributed by atoms with E-state index in [1.165, 1.54) is 41.7 Å². The zero-order valence-corrected chi connectivity index (χ0v) is 30.0. The monoisotopic (exact) mass is 708 g/mol. The molecule has 3 nitrogen and oxygen atoms in total. The van der Waals surface area contributed by atoms with Crippen molar-refractivity contribution < 1.29 is 4.42 Å².